The lowest BCUT2D eigenvalue weighted by molar-refractivity contribution is 1.07. The van der Waals surface area contributed by atoms with Crippen LogP contribution in [0.5, 0.6) is 0 Å². The van der Waals surface area contributed by atoms with E-state index in [1.807, 2.05) is 36.4 Å². The zero-order valence-electron chi connectivity index (χ0n) is 16.5. The SMILES string of the molecule is Clc1nc(-c2ccccc2)nc(-c2ccc3ccc4c5ccccc5ccc4c3c2)n1. The molecule has 0 radical (unpaired) electrons. The lowest BCUT2D eigenvalue weighted by Crippen LogP contribution is -1.97. The van der Waals surface area contributed by atoms with Gasteiger partial charge in [0.15, 0.2) is 11.6 Å². The van der Waals surface area contributed by atoms with Gasteiger partial charge in [0.25, 0.3) is 0 Å². The molecule has 0 unspecified atom stereocenters. The molecular formula is C27H16ClN3. The zero-order chi connectivity index (χ0) is 20.8. The molecule has 0 fully saturated rings. The Bertz CT molecular complexity index is 1590. The molecule has 0 amide bonds. The smallest absolute Gasteiger partial charge is 0.208 e. The number of nitrogens with zero attached hydrogens (tertiary/aromatic N) is 3. The van der Waals surface area contributed by atoms with E-state index in [0.717, 1.165) is 11.1 Å². The molecule has 0 aliphatic rings. The normalized spacial score (nSPS) is 11.4. The van der Waals surface area contributed by atoms with Crippen molar-refractivity contribution in [3.63, 3.8) is 0 Å². The Morgan fingerprint density at radius 2 is 1.06 bits per heavy atom. The van der Waals surface area contributed by atoms with Gasteiger partial charge in [-0.25, -0.2) is 4.98 Å². The predicted molar refractivity (Wildman–Crippen MR) is 128 cm³/mol. The van der Waals surface area contributed by atoms with E-state index in [9.17, 15) is 0 Å². The summed E-state index contributed by atoms with van der Waals surface area (Å²) >= 11 is 6.27. The molecule has 146 valence electrons. The second-order valence-electron chi connectivity index (χ2n) is 7.50. The molecule has 0 atom stereocenters. The minimum absolute atomic E-state index is 0.188. The largest absolute Gasteiger partial charge is 0.226 e. The van der Waals surface area contributed by atoms with Crippen molar-refractivity contribution in [2.75, 3.05) is 0 Å². The van der Waals surface area contributed by atoms with E-state index in [0.29, 0.717) is 11.6 Å². The average Bonchev–Trinajstić information content (AvgIpc) is 2.83. The van der Waals surface area contributed by atoms with Gasteiger partial charge in [-0.1, -0.05) is 91.0 Å². The second kappa shape index (κ2) is 7.15. The van der Waals surface area contributed by atoms with Crippen LogP contribution in [0.3, 0.4) is 0 Å². The molecule has 0 aliphatic carbocycles. The van der Waals surface area contributed by atoms with Crippen molar-refractivity contribution in [3.8, 4) is 22.8 Å². The van der Waals surface area contributed by atoms with Crippen LogP contribution in [0.25, 0.3) is 55.1 Å². The monoisotopic (exact) mass is 417 g/mol. The van der Waals surface area contributed by atoms with Crippen molar-refractivity contribution in [3.05, 3.63) is 102 Å². The molecule has 31 heavy (non-hydrogen) atoms. The highest BCUT2D eigenvalue weighted by Gasteiger charge is 2.11. The average molecular weight is 418 g/mol. The van der Waals surface area contributed by atoms with Crippen LogP contribution in [-0.2, 0) is 0 Å². The van der Waals surface area contributed by atoms with Crippen LogP contribution < -0.4 is 0 Å². The molecule has 0 spiro atoms. The first-order valence-corrected chi connectivity index (χ1v) is 10.5. The van der Waals surface area contributed by atoms with Crippen LogP contribution in [0.1, 0.15) is 0 Å². The Labute approximate surface area is 184 Å². The van der Waals surface area contributed by atoms with Crippen LogP contribution in [0.15, 0.2) is 97.1 Å². The van der Waals surface area contributed by atoms with Gasteiger partial charge in [0.2, 0.25) is 5.28 Å². The molecule has 6 aromatic rings. The third-order valence-corrected chi connectivity index (χ3v) is 5.81. The van der Waals surface area contributed by atoms with Crippen molar-refractivity contribution in [2.24, 2.45) is 0 Å². The van der Waals surface area contributed by atoms with E-state index in [-0.39, 0.29) is 5.28 Å². The van der Waals surface area contributed by atoms with Crippen molar-refractivity contribution < 1.29 is 0 Å². The highest BCUT2D eigenvalue weighted by molar-refractivity contribution is 6.28. The standard InChI is InChI=1S/C27H16ClN3/c28-27-30-25(19-7-2-1-3-8-19)29-26(31-27)20-11-10-18-13-14-22-21-9-5-4-6-17(21)12-15-23(22)24(18)16-20/h1-16H. The van der Waals surface area contributed by atoms with Crippen molar-refractivity contribution in [1.29, 1.82) is 0 Å². The van der Waals surface area contributed by atoms with Crippen LogP contribution in [0, 0.1) is 0 Å². The summed E-state index contributed by atoms with van der Waals surface area (Å²) in [5.74, 6) is 1.14. The first kappa shape index (κ1) is 18.0. The molecule has 0 N–H and O–H groups in total. The first-order valence-electron chi connectivity index (χ1n) is 10.1. The summed E-state index contributed by atoms with van der Waals surface area (Å²) in [7, 11) is 0. The van der Waals surface area contributed by atoms with E-state index in [1.165, 1.54) is 32.3 Å². The molecular weight excluding hydrogens is 402 g/mol. The van der Waals surface area contributed by atoms with E-state index in [2.05, 4.69) is 70.6 Å². The summed E-state index contributed by atoms with van der Waals surface area (Å²) in [6.45, 7) is 0. The maximum absolute atomic E-state index is 6.27. The maximum atomic E-state index is 6.27. The fraction of sp³-hybridized carbons (Fsp3) is 0. The Balaban J connectivity index is 1.58. The highest BCUT2D eigenvalue weighted by atomic mass is 35.5. The predicted octanol–water partition coefficient (Wildman–Crippen LogP) is 7.32. The van der Waals surface area contributed by atoms with Crippen molar-refractivity contribution in [2.45, 2.75) is 0 Å². The Kier molecular flexibility index (Phi) is 4.15. The van der Waals surface area contributed by atoms with Gasteiger partial charge in [0.05, 0.1) is 0 Å². The van der Waals surface area contributed by atoms with Gasteiger partial charge in [-0.2, -0.15) is 9.97 Å². The maximum Gasteiger partial charge on any atom is 0.226 e. The van der Waals surface area contributed by atoms with Crippen LogP contribution in [-0.4, -0.2) is 15.0 Å². The lowest BCUT2D eigenvalue weighted by atomic mass is 9.96. The number of fused-ring (bicyclic) bond motifs is 5. The topological polar surface area (TPSA) is 38.7 Å². The third kappa shape index (κ3) is 3.11. The van der Waals surface area contributed by atoms with Crippen LogP contribution >= 0.6 is 11.6 Å². The lowest BCUT2D eigenvalue weighted by Gasteiger charge is -2.10. The minimum atomic E-state index is 0.188. The van der Waals surface area contributed by atoms with Crippen LogP contribution in [0.4, 0.5) is 0 Å². The van der Waals surface area contributed by atoms with Crippen molar-refractivity contribution >= 4 is 43.9 Å². The molecule has 0 aliphatic heterocycles. The van der Waals surface area contributed by atoms with Gasteiger partial charge in [-0.05, 0) is 50.0 Å². The van der Waals surface area contributed by atoms with Gasteiger partial charge in [0, 0.05) is 11.1 Å². The third-order valence-electron chi connectivity index (χ3n) is 5.64. The summed E-state index contributed by atoms with van der Waals surface area (Å²) in [5.41, 5.74) is 1.82. The summed E-state index contributed by atoms with van der Waals surface area (Å²) in [5, 5.41) is 7.47. The number of hydrogen-bond acceptors (Lipinski definition) is 3. The Morgan fingerprint density at radius 3 is 1.87 bits per heavy atom. The van der Waals surface area contributed by atoms with Gasteiger partial charge in [-0.15, -0.1) is 0 Å². The quantitative estimate of drug-likeness (QED) is 0.277. The molecule has 6 rings (SSSR count). The molecule has 1 aromatic heterocycles. The fourth-order valence-corrected chi connectivity index (χ4v) is 4.31. The van der Waals surface area contributed by atoms with Gasteiger partial charge < -0.3 is 0 Å². The fourth-order valence-electron chi connectivity index (χ4n) is 4.15. The molecule has 1 heterocycles. The number of aromatic nitrogens is 3. The van der Waals surface area contributed by atoms with Gasteiger partial charge in [0.1, 0.15) is 0 Å². The molecule has 0 bridgehead atoms. The summed E-state index contributed by atoms with van der Waals surface area (Å²) < 4.78 is 0. The zero-order valence-corrected chi connectivity index (χ0v) is 17.2. The Morgan fingerprint density at radius 1 is 0.452 bits per heavy atom. The molecule has 3 nitrogen and oxygen atoms in total. The van der Waals surface area contributed by atoms with Crippen molar-refractivity contribution in [1.82, 2.24) is 15.0 Å². The van der Waals surface area contributed by atoms with E-state index in [4.69, 9.17) is 16.6 Å². The second-order valence-corrected chi connectivity index (χ2v) is 7.84. The molecule has 5 aromatic carbocycles. The highest BCUT2D eigenvalue weighted by Crippen LogP contribution is 2.33. The summed E-state index contributed by atoms with van der Waals surface area (Å²) in [4.78, 5) is 13.4. The summed E-state index contributed by atoms with van der Waals surface area (Å²) in [6.07, 6.45) is 0. The van der Waals surface area contributed by atoms with E-state index < -0.39 is 0 Å². The van der Waals surface area contributed by atoms with Gasteiger partial charge in [-0.3, -0.25) is 0 Å². The number of halogens is 1. The van der Waals surface area contributed by atoms with Crippen LogP contribution in [0.2, 0.25) is 5.28 Å². The number of rotatable bonds is 2. The molecule has 0 saturated carbocycles. The Hall–Kier alpha value is -3.82. The first-order chi connectivity index (χ1) is 15.3. The molecule has 4 heteroatoms. The number of benzene rings is 5. The minimum Gasteiger partial charge on any atom is -0.208 e. The van der Waals surface area contributed by atoms with E-state index >= 15 is 0 Å². The molecule has 0 saturated heterocycles. The summed E-state index contributed by atoms with van der Waals surface area (Å²) in [6, 6.07) is 33.3. The van der Waals surface area contributed by atoms with E-state index in [1.54, 1.807) is 0 Å². The van der Waals surface area contributed by atoms with Gasteiger partial charge >= 0.3 is 0 Å². The number of hydrogen-bond donors (Lipinski definition) is 0.